The predicted octanol–water partition coefficient (Wildman–Crippen LogP) is 3.69. The molecule has 1 aliphatic carbocycles. The summed E-state index contributed by atoms with van der Waals surface area (Å²) in [6.45, 7) is 0. The molecule has 24 heavy (non-hydrogen) atoms. The van der Waals surface area contributed by atoms with Crippen molar-refractivity contribution in [2.24, 2.45) is 11.8 Å². The third kappa shape index (κ3) is 5.60. The van der Waals surface area contributed by atoms with Crippen LogP contribution in [0, 0.1) is 11.8 Å². The van der Waals surface area contributed by atoms with Crippen LogP contribution in [-0.4, -0.2) is 28.1 Å². The first-order chi connectivity index (χ1) is 11.6. The molecule has 130 valence electrons. The second-order valence-electron chi connectivity index (χ2n) is 6.54. The van der Waals surface area contributed by atoms with Gasteiger partial charge in [0.2, 0.25) is 0 Å². The Hall–Kier alpha value is -1.94. The fourth-order valence-electron chi connectivity index (χ4n) is 3.36. The molecule has 1 aliphatic rings. The summed E-state index contributed by atoms with van der Waals surface area (Å²) >= 11 is 0. The van der Waals surface area contributed by atoms with Crippen LogP contribution >= 0.6 is 0 Å². The third-order valence-electron chi connectivity index (χ3n) is 4.70. The van der Waals surface area contributed by atoms with Crippen LogP contribution in [0.3, 0.4) is 0 Å². The number of carboxylic acids is 1. The zero-order chi connectivity index (χ0) is 17.4. The van der Waals surface area contributed by atoms with Crippen LogP contribution in [0.2, 0.25) is 0 Å². The molecule has 0 aliphatic heterocycles. The zero-order valence-corrected chi connectivity index (χ0v) is 13.9. The number of hydrogen-bond donors (Lipinski definition) is 2. The van der Waals surface area contributed by atoms with E-state index in [1.165, 1.54) is 0 Å². The molecule has 2 N–H and O–H groups in total. The lowest BCUT2D eigenvalue weighted by Crippen LogP contribution is -2.19. The quantitative estimate of drug-likeness (QED) is 0.677. The Morgan fingerprint density at radius 1 is 1.12 bits per heavy atom. The van der Waals surface area contributed by atoms with Crippen molar-refractivity contribution in [1.29, 1.82) is 0 Å². The van der Waals surface area contributed by atoms with Crippen molar-refractivity contribution < 1.29 is 19.8 Å². The molecular formula is C20H26O4. The lowest BCUT2D eigenvalue weighted by atomic mass is 9.89. The number of ketones is 1. The normalized spacial score (nSPS) is 23.9. The largest absolute Gasteiger partial charge is 0.481 e. The number of aliphatic hydroxyl groups is 1. The molecule has 0 amide bonds. The monoisotopic (exact) mass is 330 g/mol. The number of carbonyl (C=O) groups is 2. The van der Waals surface area contributed by atoms with E-state index in [-0.39, 0.29) is 24.0 Å². The number of carboxylic acid groups (broad SMARTS) is 1. The fraction of sp³-hybridized carbons (Fsp3) is 0.500. The van der Waals surface area contributed by atoms with Crippen LogP contribution in [0.5, 0.6) is 0 Å². The molecule has 1 fully saturated rings. The van der Waals surface area contributed by atoms with Crippen molar-refractivity contribution in [3.8, 4) is 0 Å². The lowest BCUT2D eigenvalue weighted by Gasteiger charge is -2.14. The Labute approximate surface area is 143 Å². The van der Waals surface area contributed by atoms with Gasteiger partial charge in [0.15, 0.2) is 5.78 Å². The van der Waals surface area contributed by atoms with Crippen molar-refractivity contribution >= 4 is 17.8 Å². The van der Waals surface area contributed by atoms with Gasteiger partial charge in [-0.25, -0.2) is 0 Å². The van der Waals surface area contributed by atoms with E-state index < -0.39 is 12.1 Å². The Morgan fingerprint density at radius 3 is 2.54 bits per heavy atom. The molecular weight excluding hydrogens is 304 g/mol. The Morgan fingerprint density at radius 2 is 1.83 bits per heavy atom. The lowest BCUT2D eigenvalue weighted by molar-refractivity contribution is -0.137. The van der Waals surface area contributed by atoms with Crippen molar-refractivity contribution in [2.75, 3.05) is 0 Å². The maximum absolute atomic E-state index is 12.2. The first-order valence-corrected chi connectivity index (χ1v) is 8.75. The van der Waals surface area contributed by atoms with Gasteiger partial charge < -0.3 is 10.2 Å². The van der Waals surface area contributed by atoms with Gasteiger partial charge in [-0.15, -0.1) is 0 Å². The van der Waals surface area contributed by atoms with Gasteiger partial charge in [0.05, 0.1) is 0 Å². The molecule has 0 bridgehead atoms. The number of unbranched alkanes of at least 4 members (excludes halogenated alkanes) is 3. The predicted molar refractivity (Wildman–Crippen MR) is 93.4 cm³/mol. The van der Waals surface area contributed by atoms with E-state index in [4.69, 9.17) is 5.11 Å². The summed E-state index contributed by atoms with van der Waals surface area (Å²) in [6, 6.07) is 9.95. The van der Waals surface area contributed by atoms with Crippen molar-refractivity contribution in [2.45, 2.75) is 51.0 Å². The van der Waals surface area contributed by atoms with E-state index in [0.717, 1.165) is 31.2 Å². The number of Topliss-reactive ketones (excluding diaryl/α,β-unsaturated/α-hetero) is 1. The third-order valence-corrected chi connectivity index (χ3v) is 4.70. The molecule has 1 saturated carbocycles. The molecule has 4 heteroatoms. The summed E-state index contributed by atoms with van der Waals surface area (Å²) in [5.41, 5.74) is 1.10. The molecule has 2 rings (SSSR count). The molecule has 3 atom stereocenters. The summed E-state index contributed by atoms with van der Waals surface area (Å²) in [4.78, 5) is 22.6. The van der Waals surface area contributed by atoms with Crippen LogP contribution in [0.4, 0.5) is 0 Å². The van der Waals surface area contributed by atoms with Gasteiger partial charge in [-0.05, 0) is 30.7 Å². The fourth-order valence-corrected chi connectivity index (χ4v) is 3.36. The summed E-state index contributed by atoms with van der Waals surface area (Å²) in [5, 5.41) is 18.5. The second-order valence-corrected chi connectivity index (χ2v) is 6.54. The highest BCUT2D eigenvalue weighted by Gasteiger charge is 2.39. The van der Waals surface area contributed by atoms with E-state index in [1.54, 1.807) is 0 Å². The minimum atomic E-state index is -0.840. The number of hydrogen-bond acceptors (Lipinski definition) is 3. The topological polar surface area (TPSA) is 74.6 Å². The van der Waals surface area contributed by atoms with E-state index in [0.29, 0.717) is 12.8 Å². The van der Waals surface area contributed by atoms with Crippen LogP contribution in [-0.2, 0) is 9.59 Å². The molecule has 1 aromatic carbocycles. The van der Waals surface area contributed by atoms with Crippen LogP contribution in [0.25, 0.3) is 6.08 Å². The Balaban J connectivity index is 1.82. The number of rotatable bonds is 9. The molecule has 0 aromatic heterocycles. The first kappa shape index (κ1) is 18.4. The highest BCUT2D eigenvalue weighted by atomic mass is 16.4. The van der Waals surface area contributed by atoms with Crippen molar-refractivity contribution in [3.05, 3.63) is 42.0 Å². The van der Waals surface area contributed by atoms with Gasteiger partial charge in [0, 0.05) is 12.3 Å². The smallest absolute Gasteiger partial charge is 0.303 e. The number of aliphatic carboxylic acids is 1. The molecule has 0 saturated heterocycles. The summed E-state index contributed by atoms with van der Waals surface area (Å²) in [7, 11) is 0. The van der Waals surface area contributed by atoms with Gasteiger partial charge in [-0.1, -0.05) is 61.7 Å². The van der Waals surface area contributed by atoms with Crippen LogP contribution in [0.15, 0.2) is 36.4 Å². The number of aliphatic hydroxyl groups excluding tert-OH is 1. The SMILES string of the molecule is O=C(O)CCCCCC[C@H]1C(=O)[C@H](O)C[C@@H]1C=Cc1ccccc1. The number of carbonyl (C=O) groups excluding carboxylic acids is 1. The minimum absolute atomic E-state index is 0.0387. The zero-order valence-electron chi connectivity index (χ0n) is 13.9. The average molecular weight is 330 g/mol. The summed E-state index contributed by atoms with van der Waals surface area (Å²) in [6.07, 6.45) is 8.12. The average Bonchev–Trinajstić information content (AvgIpc) is 2.84. The van der Waals surface area contributed by atoms with Crippen molar-refractivity contribution in [1.82, 2.24) is 0 Å². The van der Waals surface area contributed by atoms with Crippen LogP contribution < -0.4 is 0 Å². The summed E-state index contributed by atoms with van der Waals surface area (Å²) < 4.78 is 0. The van der Waals surface area contributed by atoms with Gasteiger partial charge in [-0.3, -0.25) is 9.59 Å². The van der Waals surface area contributed by atoms with Gasteiger partial charge >= 0.3 is 5.97 Å². The highest BCUT2D eigenvalue weighted by molar-refractivity contribution is 5.88. The Kier molecular flexibility index (Phi) is 7.19. The molecule has 0 spiro atoms. The second kappa shape index (κ2) is 9.38. The number of allylic oxidation sites excluding steroid dienone is 1. The van der Waals surface area contributed by atoms with Crippen LogP contribution in [0.1, 0.15) is 50.5 Å². The molecule has 0 radical (unpaired) electrons. The molecule has 0 unspecified atom stereocenters. The van der Waals surface area contributed by atoms with E-state index in [1.807, 2.05) is 36.4 Å². The maximum atomic E-state index is 12.2. The van der Waals surface area contributed by atoms with E-state index in [9.17, 15) is 14.7 Å². The van der Waals surface area contributed by atoms with Gasteiger partial charge in [0.25, 0.3) is 0 Å². The maximum Gasteiger partial charge on any atom is 0.303 e. The van der Waals surface area contributed by atoms with Crippen molar-refractivity contribution in [3.63, 3.8) is 0 Å². The first-order valence-electron chi connectivity index (χ1n) is 8.75. The molecule has 1 aromatic rings. The van der Waals surface area contributed by atoms with Gasteiger partial charge in [0.1, 0.15) is 6.10 Å². The minimum Gasteiger partial charge on any atom is -0.481 e. The van der Waals surface area contributed by atoms with E-state index in [2.05, 4.69) is 6.08 Å². The molecule has 0 heterocycles. The Bertz CT molecular complexity index is 564. The van der Waals surface area contributed by atoms with Gasteiger partial charge in [-0.2, -0.15) is 0 Å². The summed E-state index contributed by atoms with van der Waals surface area (Å²) in [5.74, 6) is -0.815. The number of benzene rings is 1. The van der Waals surface area contributed by atoms with E-state index >= 15 is 0 Å². The highest BCUT2D eigenvalue weighted by Crippen LogP contribution is 2.34. The standard InChI is InChI=1S/C20H26O4/c21-18-14-16(13-12-15-8-4-3-5-9-15)17(20(18)24)10-6-1-2-7-11-19(22)23/h3-5,8-9,12-13,16-18,21H,1-2,6-7,10-11,14H2,(H,22,23)/t16-,17+,18+/m0/s1. The molecule has 4 nitrogen and oxygen atoms in total.